The Morgan fingerprint density at radius 3 is 2.26 bits per heavy atom. The number of carbonyl (C=O) groups excluding carboxylic acids is 1. The fraction of sp³-hybridized carbons (Fsp3) is 0.0714. The standard InChI is InChI=1S/C28H23Cl2N3O4S/c29-23-11-15-27(16-12-23)38(35,36)33(25-8-4-7-24(30)17-25)19-28(34)32-31-18-21-9-13-26(14-10-21)37-20-22-5-2-1-3-6-22/h1-18H,19-20H2,(H,32,34)/b31-18-. The van der Waals surface area contributed by atoms with Crippen LogP contribution in [0.2, 0.25) is 10.0 Å². The molecule has 0 fully saturated rings. The highest BCUT2D eigenvalue weighted by atomic mass is 35.5. The van der Waals surface area contributed by atoms with Gasteiger partial charge < -0.3 is 4.74 Å². The second-order valence-corrected chi connectivity index (χ2v) is 10.8. The molecule has 0 aliphatic carbocycles. The van der Waals surface area contributed by atoms with Crippen molar-refractivity contribution in [2.75, 3.05) is 10.8 Å². The van der Waals surface area contributed by atoms with E-state index in [1.165, 1.54) is 36.5 Å². The number of hydrogen-bond donors (Lipinski definition) is 1. The quantitative estimate of drug-likeness (QED) is 0.190. The van der Waals surface area contributed by atoms with Gasteiger partial charge in [-0.25, -0.2) is 13.8 Å². The topological polar surface area (TPSA) is 88.1 Å². The number of nitrogens with zero attached hydrogens (tertiary/aromatic N) is 2. The monoisotopic (exact) mass is 567 g/mol. The molecule has 0 bridgehead atoms. The number of anilines is 1. The van der Waals surface area contributed by atoms with Crippen LogP contribution in [-0.2, 0) is 21.4 Å². The van der Waals surface area contributed by atoms with E-state index in [-0.39, 0.29) is 10.6 Å². The van der Waals surface area contributed by atoms with Gasteiger partial charge in [0.1, 0.15) is 18.9 Å². The highest BCUT2D eigenvalue weighted by Crippen LogP contribution is 2.26. The molecule has 0 unspecified atom stereocenters. The van der Waals surface area contributed by atoms with E-state index in [0.717, 1.165) is 15.4 Å². The fourth-order valence-corrected chi connectivity index (χ4v) is 5.14. The van der Waals surface area contributed by atoms with Crippen LogP contribution in [0.15, 0.2) is 113 Å². The zero-order valence-electron chi connectivity index (χ0n) is 20.0. The van der Waals surface area contributed by atoms with Crippen molar-refractivity contribution in [2.24, 2.45) is 5.10 Å². The zero-order chi connectivity index (χ0) is 27.0. The molecule has 0 radical (unpaired) electrons. The third-order valence-corrected chi connectivity index (χ3v) is 7.59. The van der Waals surface area contributed by atoms with Crippen LogP contribution < -0.4 is 14.5 Å². The van der Waals surface area contributed by atoms with E-state index in [9.17, 15) is 13.2 Å². The first-order valence-electron chi connectivity index (χ1n) is 11.4. The molecule has 0 aliphatic heterocycles. The van der Waals surface area contributed by atoms with Crippen LogP contribution >= 0.6 is 23.2 Å². The van der Waals surface area contributed by atoms with Crippen molar-refractivity contribution >= 4 is 51.0 Å². The fourth-order valence-electron chi connectivity index (χ4n) is 3.42. The summed E-state index contributed by atoms with van der Waals surface area (Å²) in [5.41, 5.74) is 4.39. The van der Waals surface area contributed by atoms with Gasteiger partial charge in [0, 0.05) is 10.0 Å². The van der Waals surface area contributed by atoms with E-state index in [4.69, 9.17) is 27.9 Å². The summed E-state index contributed by atoms with van der Waals surface area (Å²) >= 11 is 12.0. The van der Waals surface area contributed by atoms with Crippen LogP contribution in [0.3, 0.4) is 0 Å². The number of hydrogen-bond acceptors (Lipinski definition) is 5. The summed E-state index contributed by atoms with van der Waals surface area (Å²) in [5.74, 6) is 0.0567. The van der Waals surface area contributed by atoms with Gasteiger partial charge in [-0.15, -0.1) is 0 Å². The minimum absolute atomic E-state index is 0.0206. The van der Waals surface area contributed by atoms with E-state index in [1.807, 2.05) is 30.3 Å². The largest absolute Gasteiger partial charge is 0.489 e. The number of carbonyl (C=O) groups is 1. The smallest absolute Gasteiger partial charge is 0.264 e. The minimum atomic E-state index is -4.10. The molecule has 38 heavy (non-hydrogen) atoms. The maximum absolute atomic E-state index is 13.4. The summed E-state index contributed by atoms with van der Waals surface area (Å²) in [7, 11) is -4.10. The molecule has 0 aliphatic rings. The normalized spacial score (nSPS) is 11.3. The number of rotatable bonds is 10. The number of benzene rings is 4. The van der Waals surface area contributed by atoms with Crippen LogP contribution in [-0.4, -0.2) is 27.1 Å². The van der Waals surface area contributed by atoms with Crippen LogP contribution in [0.4, 0.5) is 5.69 Å². The maximum Gasteiger partial charge on any atom is 0.264 e. The third-order valence-electron chi connectivity index (χ3n) is 5.32. The van der Waals surface area contributed by atoms with Gasteiger partial charge in [0.2, 0.25) is 0 Å². The number of ether oxygens (including phenoxy) is 1. The summed E-state index contributed by atoms with van der Waals surface area (Å²) in [6, 6.07) is 28.9. The van der Waals surface area contributed by atoms with Crippen molar-refractivity contribution in [1.82, 2.24) is 5.43 Å². The van der Waals surface area contributed by atoms with Crippen molar-refractivity contribution in [3.63, 3.8) is 0 Å². The zero-order valence-corrected chi connectivity index (χ0v) is 22.3. The number of hydrazone groups is 1. The molecule has 0 spiro atoms. The predicted octanol–water partition coefficient (Wildman–Crippen LogP) is 5.92. The molecular weight excluding hydrogens is 545 g/mol. The Morgan fingerprint density at radius 2 is 1.58 bits per heavy atom. The average molecular weight is 568 g/mol. The lowest BCUT2D eigenvalue weighted by Crippen LogP contribution is -2.39. The number of sulfonamides is 1. The Morgan fingerprint density at radius 1 is 0.868 bits per heavy atom. The van der Waals surface area contributed by atoms with E-state index in [1.54, 1.807) is 42.5 Å². The molecule has 4 rings (SSSR count). The Labute approximate surface area is 231 Å². The van der Waals surface area contributed by atoms with Gasteiger partial charge in [0.15, 0.2) is 0 Å². The van der Waals surface area contributed by atoms with Crippen molar-refractivity contribution in [1.29, 1.82) is 0 Å². The summed E-state index contributed by atoms with van der Waals surface area (Å²) < 4.78 is 33.5. The molecule has 0 heterocycles. The first-order chi connectivity index (χ1) is 18.3. The van der Waals surface area contributed by atoms with E-state index in [2.05, 4.69) is 10.5 Å². The van der Waals surface area contributed by atoms with Gasteiger partial charge in [-0.05, 0) is 77.9 Å². The summed E-state index contributed by atoms with van der Waals surface area (Å²) in [5, 5.41) is 4.68. The molecule has 0 aromatic heterocycles. The van der Waals surface area contributed by atoms with Crippen LogP contribution in [0, 0.1) is 0 Å². The van der Waals surface area contributed by atoms with Crippen LogP contribution in [0.1, 0.15) is 11.1 Å². The number of halogens is 2. The third kappa shape index (κ3) is 7.35. The second-order valence-electron chi connectivity index (χ2n) is 8.08. The Kier molecular flexibility index (Phi) is 9.02. The molecule has 0 saturated heterocycles. The lowest BCUT2D eigenvalue weighted by molar-refractivity contribution is -0.119. The van der Waals surface area contributed by atoms with Crippen LogP contribution in [0.5, 0.6) is 5.75 Å². The first kappa shape index (κ1) is 27.2. The van der Waals surface area contributed by atoms with Crippen molar-refractivity contribution in [2.45, 2.75) is 11.5 Å². The van der Waals surface area contributed by atoms with E-state index in [0.29, 0.717) is 22.4 Å². The van der Waals surface area contributed by atoms with Gasteiger partial charge in [-0.2, -0.15) is 5.10 Å². The maximum atomic E-state index is 13.4. The predicted molar refractivity (Wildman–Crippen MR) is 150 cm³/mol. The van der Waals surface area contributed by atoms with Crippen molar-refractivity contribution in [3.05, 3.63) is 124 Å². The average Bonchev–Trinajstić information content (AvgIpc) is 2.92. The molecule has 4 aromatic carbocycles. The van der Waals surface area contributed by atoms with Gasteiger partial charge in [-0.1, -0.05) is 59.6 Å². The van der Waals surface area contributed by atoms with Gasteiger partial charge in [0.25, 0.3) is 15.9 Å². The Balaban J connectivity index is 1.41. The molecule has 4 aromatic rings. The molecule has 1 N–H and O–H groups in total. The highest BCUT2D eigenvalue weighted by molar-refractivity contribution is 7.92. The SMILES string of the molecule is O=C(CN(c1cccc(Cl)c1)S(=O)(=O)c1ccc(Cl)cc1)N/N=C\c1ccc(OCc2ccccc2)cc1. The molecular formula is C28H23Cl2N3O4S. The molecule has 0 atom stereocenters. The van der Waals surface area contributed by atoms with Crippen LogP contribution in [0.25, 0.3) is 0 Å². The molecule has 7 nitrogen and oxygen atoms in total. The summed E-state index contributed by atoms with van der Waals surface area (Å²) in [6.07, 6.45) is 1.45. The Bertz CT molecular complexity index is 1510. The number of nitrogens with one attached hydrogen (secondary N) is 1. The van der Waals surface area contributed by atoms with E-state index >= 15 is 0 Å². The van der Waals surface area contributed by atoms with E-state index < -0.39 is 22.5 Å². The number of amides is 1. The van der Waals surface area contributed by atoms with Crippen molar-refractivity contribution < 1.29 is 17.9 Å². The van der Waals surface area contributed by atoms with Gasteiger partial charge >= 0.3 is 0 Å². The second kappa shape index (κ2) is 12.6. The molecule has 194 valence electrons. The minimum Gasteiger partial charge on any atom is -0.489 e. The van der Waals surface area contributed by atoms with Gasteiger partial charge in [0.05, 0.1) is 16.8 Å². The Hall–Kier alpha value is -3.85. The van der Waals surface area contributed by atoms with Crippen molar-refractivity contribution in [3.8, 4) is 5.75 Å². The lowest BCUT2D eigenvalue weighted by atomic mass is 10.2. The summed E-state index contributed by atoms with van der Waals surface area (Å²) in [4.78, 5) is 12.7. The molecule has 0 saturated carbocycles. The summed E-state index contributed by atoms with van der Waals surface area (Å²) in [6.45, 7) is -0.0682. The first-order valence-corrected chi connectivity index (χ1v) is 13.6. The highest BCUT2D eigenvalue weighted by Gasteiger charge is 2.27. The molecule has 10 heteroatoms. The lowest BCUT2D eigenvalue weighted by Gasteiger charge is -2.23. The molecule has 1 amide bonds. The van der Waals surface area contributed by atoms with Gasteiger partial charge in [-0.3, -0.25) is 9.10 Å².